The Morgan fingerprint density at radius 2 is 1.34 bits per heavy atom. The van der Waals surface area contributed by atoms with Crippen LogP contribution in [0.3, 0.4) is 0 Å². The number of carbonyl (C=O) groups excluding carboxylic acids is 2. The molecule has 1 aliphatic heterocycles. The van der Waals surface area contributed by atoms with Crippen molar-refractivity contribution in [1.82, 2.24) is 5.01 Å². The first-order valence-corrected chi connectivity index (χ1v) is 11.4. The molecule has 9 nitrogen and oxygen atoms in total. The van der Waals surface area contributed by atoms with Gasteiger partial charge in [-0.05, 0) is 11.1 Å². The van der Waals surface area contributed by atoms with Gasteiger partial charge >= 0.3 is 11.9 Å². The average molecular weight is 485 g/mol. The molecule has 2 aromatic rings. The number of esters is 2. The van der Waals surface area contributed by atoms with Gasteiger partial charge in [-0.1, -0.05) is 60.7 Å². The van der Waals surface area contributed by atoms with E-state index in [2.05, 4.69) is 5.10 Å². The molecule has 1 saturated heterocycles. The highest BCUT2D eigenvalue weighted by molar-refractivity contribution is 5.68. The highest BCUT2D eigenvalue weighted by Gasteiger charge is 2.50. The maximum atomic E-state index is 12.0. The molecule has 0 bridgehead atoms. The van der Waals surface area contributed by atoms with Crippen LogP contribution in [0, 0.1) is 0 Å². The average Bonchev–Trinajstić information content (AvgIpc) is 2.82. The Balaban J connectivity index is 1.95. The monoisotopic (exact) mass is 484 g/mol. The van der Waals surface area contributed by atoms with E-state index >= 15 is 0 Å². The van der Waals surface area contributed by atoms with Crippen LogP contribution in [0.4, 0.5) is 0 Å². The maximum absolute atomic E-state index is 12.0. The van der Waals surface area contributed by atoms with Crippen molar-refractivity contribution in [2.24, 2.45) is 5.10 Å². The summed E-state index contributed by atoms with van der Waals surface area (Å²) in [5.41, 5.74) is 1.87. The molecule has 0 radical (unpaired) electrons. The molecule has 5 atom stereocenters. The zero-order valence-corrected chi connectivity index (χ0v) is 20.4. The van der Waals surface area contributed by atoms with E-state index in [9.17, 15) is 9.59 Å². The minimum absolute atomic E-state index is 0.221. The van der Waals surface area contributed by atoms with Crippen LogP contribution >= 0.6 is 0 Å². The molecule has 1 aliphatic rings. The Morgan fingerprint density at radius 3 is 1.83 bits per heavy atom. The molecule has 35 heavy (non-hydrogen) atoms. The molecule has 5 unspecified atom stereocenters. The second-order valence-electron chi connectivity index (χ2n) is 8.29. The lowest BCUT2D eigenvalue weighted by Crippen LogP contribution is -2.61. The lowest BCUT2D eigenvalue weighted by molar-refractivity contribution is -0.294. The molecule has 0 aromatic heterocycles. The summed E-state index contributed by atoms with van der Waals surface area (Å²) in [5.74, 6) is -1.15. The Bertz CT molecular complexity index is 968. The second-order valence-corrected chi connectivity index (χ2v) is 8.29. The fourth-order valence-electron chi connectivity index (χ4n) is 3.64. The first-order valence-electron chi connectivity index (χ1n) is 11.4. The smallest absolute Gasteiger partial charge is 0.305 e. The summed E-state index contributed by atoms with van der Waals surface area (Å²) in [4.78, 5) is 23.8. The van der Waals surface area contributed by atoms with E-state index in [0.717, 1.165) is 11.1 Å². The predicted molar refractivity (Wildman–Crippen MR) is 128 cm³/mol. The normalized spacial score (nSPS) is 24.2. The SMILES string of the molecule is CC(=O)OC1OC(/C=N/N(C)C)C(OCc2ccccc2)C(OCc2ccccc2)C1OC(C)=O. The number of hydrazone groups is 1. The van der Waals surface area contributed by atoms with Gasteiger partial charge in [0, 0.05) is 27.9 Å². The molecule has 188 valence electrons. The topological polar surface area (TPSA) is 95.9 Å². The number of hydrogen-bond acceptors (Lipinski definition) is 9. The molecule has 0 amide bonds. The Morgan fingerprint density at radius 1 is 0.829 bits per heavy atom. The molecule has 0 saturated carbocycles. The van der Waals surface area contributed by atoms with E-state index in [1.54, 1.807) is 25.3 Å². The van der Waals surface area contributed by atoms with Crippen molar-refractivity contribution in [3.05, 3.63) is 71.8 Å². The first kappa shape index (κ1) is 26.3. The predicted octanol–water partition coefficient (Wildman–Crippen LogP) is 2.92. The summed E-state index contributed by atoms with van der Waals surface area (Å²) in [6.07, 6.45) is -2.98. The van der Waals surface area contributed by atoms with Crippen LogP contribution in [0.2, 0.25) is 0 Å². The van der Waals surface area contributed by atoms with Crippen LogP contribution < -0.4 is 0 Å². The number of rotatable bonds is 10. The van der Waals surface area contributed by atoms with Crippen LogP contribution in [0.25, 0.3) is 0 Å². The van der Waals surface area contributed by atoms with Gasteiger partial charge < -0.3 is 28.7 Å². The first-order chi connectivity index (χ1) is 16.8. The van der Waals surface area contributed by atoms with Crippen molar-refractivity contribution >= 4 is 18.2 Å². The number of hydrogen-bond donors (Lipinski definition) is 0. The van der Waals surface area contributed by atoms with Gasteiger partial charge in [0.1, 0.15) is 18.3 Å². The summed E-state index contributed by atoms with van der Waals surface area (Å²) in [7, 11) is 3.54. The van der Waals surface area contributed by atoms with Gasteiger partial charge in [-0.2, -0.15) is 5.10 Å². The van der Waals surface area contributed by atoms with Gasteiger partial charge in [-0.15, -0.1) is 0 Å². The van der Waals surface area contributed by atoms with E-state index in [1.165, 1.54) is 13.8 Å². The van der Waals surface area contributed by atoms with E-state index in [0.29, 0.717) is 0 Å². The molecule has 2 aromatic carbocycles. The molecular weight excluding hydrogens is 452 g/mol. The Labute approximate surface area is 205 Å². The van der Waals surface area contributed by atoms with E-state index in [1.807, 2.05) is 60.7 Å². The van der Waals surface area contributed by atoms with E-state index in [-0.39, 0.29) is 13.2 Å². The molecule has 0 N–H and O–H groups in total. The molecule has 0 aliphatic carbocycles. The van der Waals surface area contributed by atoms with Crippen molar-refractivity contribution in [2.45, 2.75) is 57.8 Å². The van der Waals surface area contributed by atoms with Gasteiger partial charge in [0.2, 0.25) is 6.29 Å². The minimum atomic E-state index is -1.20. The highest BCUT2D eigenvalue weighted by atomic mass is 16.7. The van der Waals surface area contributed by atoms with Crippen LogP contribution in [0.15, 0.2) is 65.8 Å². The number of ether oxygens (including phenoxy) is 5. The van der Waals surface area contributed by atoms with Gasteiger partial charge in [-0.25, -0.2) is 0 Å². The number of benzene rings is 2. The largest absolute Gasteiger partial charge is 0.453 e. The zero-order chi connectivity index (χ0) is 25.2. The quantitative estimate of drug-likeness (QED) is 0.289. The molecule has 0 spiro atoms. The fraction of sp³-hybridized carbons (Fsp3) is 0.423. The van der Waals surface area contributed by atoms with Crippen molar-refractivity contribution < 1.29 is 33.3 Å². The number of nitrogens with zero attached hydrogens (tertiary/aromatic N) is 2. The third-order valence-electron chi connectivity index (χ3n) is 5.13. The van der Waals surface area contributed by atoms with Gasteiger partial charge in [-0.3, -0.25) is 9.59 Å². The molecule has 1 fully saturated rings. The summed E-state index contributed by atoms with van der Waals surface area (Å²) < 4.78 is 29.6. The number of carbonyl (C=O) groups is 2. The van der Waals surface area contributed by atoms with Crippen LogP contribution in [-0.4, -0.2) is 68.0 Å². The lowest BCUT2D eigenvalue weighted by atomic mass is 9.98. The van der Waals surface area contributed by atoms with Crippen LogP contribution in [0.1, 0.15) is 25.0 Å². The minimum Gasteiger partial charge on any atom is -0.453 e. The molecule has 9 heteroatoms. The molecule has 3 rings (SSSR count). The summed E-state index contributed by atoms with van der Waals surface area (Å²) in [5, 5.41) is 5.91. The van der Waals surface area contributed by atoms with Gasteiger partial charge in [0.05, 0.1) is 19.4 Å². The van der Waals surface area contributed by atoms with Crippen molar-refractivity contribution in [1.29, 1.82) is 0 Å². The fourth-order valence-corrected chi connectivity index (χ4v) is 3.64. The van der Waals surface area contributed by atoms with Crippen LogP contribution in [0.5, 0.6) is 0 Å². The molecule has 1 heterocycles. The highest BCUT2D eigenvalue weighted by Crippen LogP contribution is 2.30. The van der Waals surface area contributed by atoms with Gasteiger partial charge in [0.15, 0.2) is 6.10 Å². The summed E-state index contributed by atoms with van der Waals surface area (Å²) >= 11 is 0. The van der Waals surface area contributed by atoms with Crippen molar-refractivity contribution in [3.8, 4) is 0 Å². The zero-order valence-electron chi connectivity index (χ0n) is 20.4. The van der Waals surface area contributed by atoms with Crippen molar-refractivity contribution in [3.63, 3.8) is 0 Å². The standard InChI is InChI=1S/C26H32N2O7/c1-18(29)33-25-24(32-17-21-13-9-6-10-14-21)23(31-16-20-11-7-5-8-12-20)22(15-27-28(3)4)35-26(25)34-19(2)30/h5-15,22-26H,16-17H2,1-4H3/b27-15+. The van der Waals surface area contributed by atoms with Crippen LogP contribution in [-0.2, 0) is 46.5 Å². The summed E-state index contributed by atoms with van der Waals surface area (Å²) in [6, 6.07) is 19.2. The second kappa shape index (κ2) is 13.0. The summed E-state index contributed by atoms with van der Waals surface area (Å²) in [6.45, 7) is 3.02. The van der Waals surface area contributed by atoms with Gasteiger partial charge in [0.25, 0.3) is 0 Å². The lowest BCUT2D eigenvalue weighted by Gasteiger charge is -2.43. The Kier molecular flexibility index (Phi) is 9.77. The van der Waals surface area contributed by atoms with Crippen molar-refractivity contribution in [2.75, 3.05) is 14.1 Å². The van der Waals surface area contributed by atoms with E-state index < -0.39 is 42.6 Å². The Hall–Kier alpha value is -3.27. The van der Waals surface area contributed by atoms with E-state index in [4.69, 9.17) is 23.7 Å². The third-order valence-corrected chi connectivity index (χ3v) is 5.13. The third kappa shape index (κ3) is 8.17. The maximum Gasteiger partial charge on any atom is 0.305 e. The molecular formula is C26H32N2O7.